The highest BCUT2D eigenvalue weighted by atomic mass is 16.3. The van der Waals surface area contributed by atoms with E-state index in [1.807, 2.05) is 0 Å². The smallest absolute Gasteiger partial charge is 0.335 e. The van der Waals surface area contributed by atoms with E-state index in [0.29, 0.717) is 0 Å². The molecule has 1 heterocycles. The second-order valence-electron chi connectivity index (χ2n) is 6.13. The number of nitrogens with zero attached hydrogens (tertiary/aromatic N) is 1. The molecular formula is C12H22NO+. The lowest BCUT2D eigenvalue weighted by Gasteiger charge is -2.14. The van der Waals surface area contributed by atoms with Crippen LogP contribution >= 0.6 is 0 Å². The van der Waals surface area contributed by atoms with Crippen molar-refractivity contribution in [2.75, 3.05) is 0 Å². The maximum Gasteiger partial charge on any atom is 0.335 e. The van der Waals surface area contributed by atoms with Gasteiger partial charge < -0.3 is 4.42 Å². The van der Waals surface area contributed by atoms with Crippen LogP contribution in [0.2, 0.25) is 0 Å². The fraction of sp³-hybridized carbons (Fsp3) is 0.750. The fourth-order valence-electron chi connectivity index (χ4n) is 1.30. The number of rotatable bonds is 1. The van der Waals surface area contributed by atoms with Crippen molar-refractivity contribution >= 4 is 0 Å². The summed E-state index contributed by atoms with van der Waals surface area (Å²) in [6.45, 7) is 13.2. The minimum absolute atomic E-state index is 0.111. The van der Waals surface area contributed by atoms with Crippen LogP contribution in [0.4, 0.5) is 0 Å². The molecule has 0 bridgehead atoms. The summed E-state index contributed by atoms with van der Waals surface area (Å²) in [4.78, 5) is 0. The van der Waals surface area contributed by atoms with Crippen LogP contribution in [0.25, 0.3) is 0 Å². The summed E-state index contributed by atoms with van der Waals surface area (Å²) in [7, 11) is 0. The molecule has 0 N–H and O–H groups in total. The maximum atomic E-state index is 5.53. The first-order chi connectivity index (χ1) is 6.18. The van der Waals surface area contributed by atoms with Crippen molar-refractivity contribution in [1.29, 1.82) is 0 Å². The highest BCUT2D eigenvalue weighted by Gasteiger charge is 2.25. The predicted octanol–water partition coefficient (Wildman–Crippen LogP) is 2.91. The second kappa shape index (κ2) is 3.41. The summed E-state index contributed by atoms with van der Waals surface area (Å²) >= 11 is 0. The third-order valence-corrected chi connectivity index (χ3v) is 2.08. The molecular weight excluding hydrogens is 174 g/mol. The van der Waals surface area contributed by atoms with E-state index in [1.54, 1.807) is 6.39 Å². The van der Waals surface area contributed by atoms with Crippen LogP contribution in [0.15, 0.2) is 17.0 Å². The van der Waals surface area contributed by atoms with Crippen LogP contribution in [0, 0.1) is 5.41 Å². The van der Waals surface area contributed by atoms with Crippen LogP contribution in [-0.2, 0) is 12.0 Å². The summed E-state index contributed by atoms with van der Waals surface area (Å²) in [5.74, 6) is 1.06. The average Bonchev–Trinajstić information content (AvgIpc) is 2.29. The molecule has 1 aromatic rings. The Kier molecular flexibility index (Phi) is 2.75. The Hall–Kier alpha value is -0.790. The molecule has 0 fully saturated rings. The monoisotopic (exact) mass is 196 g/mol. The van der Waals surface area contributed by atoms with E-state index in [-0.39, 0.29) is 11.0 Å². The van der Waals surface area contributed by atoms with Gasteiger partial charge in [-0.3, -0.25) is 0 Å². The second-order valence-corrected chi connectivity index (χ2v) is 6.13. The Labute approximate surface area is 86.9 Å². The van der Waals surface area contributed by atoms with Crippen LogP contribution < -0.4 is 4.57 Å². The molecule has 0 atom stereocenters. The van der Waals surface area contributed by atoms with Gasteiger partial charge in [0.25, 0.3) is 0 Å². The molecule has 2 heteroatoms. The van der Waals surface area contributed by atoms with Crippen LogP contribution in [0.5, 0.6) is 0 Å². The van der Waals surface area contributed by atoms with Gasteiger partial charge in [0.05, 0.1) is 0 Å². The first-order valence-electron chi connectivity index (χ1n) is 5.18. The first-order valence-corrected chi connectivity index (χ1v) is 5.18. The van der Waals surface area contributed by atoms with Crippen molar-refractivity contribution in [3.8, 4) is 0 Å². The summed E-state index contributed by atoms with van der Waals surface area (Å²) in [5, 5.41) is 0. The molecule has 0 unspecified atom stereocenters. The van der Waals surface area contributed by atoms with Gasteiger partial charge in [-0.05, 0) is 5.41 Å². The molecule has 80 valence electrons. The van der Waals surface area contributed by atoms with Gasteiger partial charge in [-0.1, -0.05) is 20.8 Å². The quantitative estimate of drug-likeness (QED) is 0.631. The van der Waals surface area contributed by atoms with Gasteiger partial charge in [-0.25, -0.2) is 0 Å². The third-order valence-electron chi connectivity index (χ3n) is 2.08. The van der Waals surface area contributed by atoms with Gasteiger partial charge in [0.15, 0.2) is 11.3 Å². The Morgan fingerprint density at radius 3 is 2.07 bits per heavy atom. The van der Waals surface area contributed by atoms with Crippen molar-refractivity contribution in [3.05, 3.63) is 18.4 Å². The zero-order chi connectivity index (χ0) is 11.0. The van der Waals surface area contributed by atoms with Gasteiger partial charge in [-0.15, -0.1) is 0 Å². The zero-order valence-corrected chi connectivity index (χ0v) is 10.2. The summed E-state index contributed by atoms with van der Waals surface area (Å²) in [5.41, 5.74) is 0.396. The van der Waals surface area contributed by atoms with Gasteiger partial charge in [0.2, 0.25) is 6.20 Å². The summed E-state index contributed by atoms with van der Waals surface area (Å²) in [6, 6.07) is 0. The van der Waals surface area contributed by atoms with E-state index in [9.17, 15) is 0 Å². The molecule has 0 aliphatic heterocycles. The van der Waals surface area contributed by atoms with E-state index in [2.05, 4.69) is 52.3 Å². The summed E-state index contributed by atoms with van der Waals surface area (Å²) in [6.07, 6.45) is 4.89. The first kappa shape index (κ1) is 11.3. The Morgan fingerprint density at radius 1 is 1.14 bits per heavy atom. The van der Waals surface area contributed by atoms with Gasteiger partial charge >= 0.3 is 6.39 Å². The molecule has 0 aliphatic carbocycles. The average molecular weight is 196 g/mol. The number of aromatic nitrogens is 1. The summed E-state index contributed by atoms with van der Waals surface area (Å²) < 4.78 is 7.65. The number of hydrogen-bond donors (Lipinski definition) is 0. The van der Waals surface area contributed by atoms with Crippen molar-refractivity contribution in [3.63, 3.8) is 0 Å². The Bertz CT molecular complexity index is 299. The lowest BCUT2D eigenvalue weighted by atomic mass is 9.91. The standard InChI is InChI=1S/C12H22NO/c1-11(2,3)7-10-8-13(9-14-10)12(4,5)6/h8-9H,7H2,1-6H3/q+1. The molecule has 0 aliphatic rings. The lowest BCUT2D eigenvalue weighted by molar-refractivity contribution is -0.756. The number of hydrogen-bond acceptors (Lipinski definition) is 1. The molecule has 1 aromatic heterocycles. The molecule has 2 nitrogen and oxygen atoms in total. The van der Waals surface area contributed by atoms with Gasteiger partial charge in [0, 0.05) is 27.2 Å². The SMILES string of the molecule is CC(C)(C)Cc1c[n+](C(C)(C)C)co1. The van der Waals surface area contributed by atoms with Gasteiger partial charge in [-0.2, -0.15) is 4.57 Å². The molecule has 0 radical (unpaired) electrons. The molecule has 0 aromatic carbocycles. The Morgan fingerprint density at radius 2 is 1.71 bits per heavy atom. The largest absolute Gasteiger partial charge is 0.409 e. The highest BCUT2D eigenvalue weighted by molar-refractivity contribution is 4.89. The normalized spacial score (nSPS) is 13.3. The van der Waals surface area contributed by atoms with E-state index in [4.69, 9.17) is 4.42 Å². The van der Waals surface area contributed by atoms with Crippen LogP contribution in [-0.4, -0.2) is 0 Å². The minimum atomic E-state index is 0.111. The zero-order valence-electron chi connectivity index (χ0n) is 10.2. The highest BCUT2D eigenvalue weighted by Crippen LogP contribution is 2.20. The van der Waals surface area contributed by atoms with E-state index in [1.165, 1.54) is 0 Å². The van der Waals surface area contributed by atoms with Gasteiger partial charge in [0.1, 0.15) is 0 Å². The molecule has 0 saturated heterocycles. The van der Waals surface area contributed by atoms with E-state index in [0.717, 1.165) is 12.2 Å². The van der Waals surface area contributed by atoms with Crippen LogP contribution in [0.3, 0.4) is 0 Å². The van der Waals surface area contributed by atoms with Crippen molar-refractivity contribution < 1.29 is 8.98 Å². The predicted molar refractivity (Wildman–Crippen MR) is 57.1 cm³/mol. The third kappa shape index (κ3) is 3.17. The fourth-order valence-corrected chi connectivity index (χ4v) is 1.30. The molecule has 0 spiro atoms. The minimum Gasteiger partial charge on any atom is -0.409 e. The van der Waals surface area contributed by atoms with Crippen molar-refractivity contribution in [2.24, 2.45) is 5.41 Å². The van der Waals surface area contributed by atoms with Crippen LogP contribution in [0.1, 0.15) is 47.3 Å². The Balaban J connectivity index is 2.79. The van der Waals surface area contributed by atoms with Crippen molar-refractivity contribution in [2.45, 2.75) is 53.5 Å². The molecule has 0 saturated carbocycles. The number of oxazole rings is 1. The maximum absolute atomic E-state index is 5.53. The van der Waals surface area contributed by atoms with E-state index >= 15 is 0 Å². The topological polar surface area (TPSA) is 17.0 Å². The van der Waals surface area contributed by atoms with E-state index < -0.39 is 0 Å². The molecule has 14 heavy (non-hydrogen) atoms. The molecule has 1 rings (SSSR count). The van der Waals surface area contributed by atoms with Crippen molar-refractivity contribution in [1.82, 2.24) is 0 Å². The molecule has 0 amide bonds. The lowest BCUT2D eigenvalue weighted by Crippen LogP contribution is -2.48.